The van der Waals surface area contributed by atoms with Crippen molar-refractivity contribution in [2.75, 3.05) is 5.43 Å². The van der Waals surface area contributed by atoms with Crippen LogP contribution in [0.1, 0.15) is 25.2 Å². The highest BCUT2D eigenvalue weighted by molar-refractivity contribution is 7.71. The largest absolute Gasteiger partial charge is 0.491 e. The molecule has 1 aromatic carbocycles. The van der Waals surface area contributed by atoms with Crippen LogP contribution in [-0.4, -0.2) is 21.0 Å². The lowest BCUT2D eigenvalue weighted by molar-refractivity contribution is 0.242. The Balaban J connectivity index is 2.05. The quantitative estimate of drug-likeness (QED) is 0.826. The van der Waals surface area contributed by atoms with E-state index in [1.165, 1.54) is 0 Å². The van der Waals surface area contributed by atoms with Gasteiger partial charge in [0.05, 0.1) is 12.6 Å². The van der Waals surface area contributed by atoms with Gasteiger partial charge >= 0.3 is 0 Å². The average Bonchev–Trinajstić information content (AvgIpc) is 2.66. The van der Waals surface area contributed by atoms with Crippen LogP contribution in [0, 0.1) is 11.7 Å². The van der Waals surface area contributed by atoms with Crippen molar-refractivity contribution in [2.24, 2.45) is 0 Å². The van der Waals surface area contributed by atoms with Gasteiger partial charge in [-0.15, -0.1) is 0 Å². The summed E-state index contributed by atoms with van der Waals surface area (Å²) >= 11 is 5.13. The molecule has 0 bridgehead atoms. The van der Waals surface area contributed by atoms with Gasteiger partial charge < -0.3 is 10.2 Å². The lowest BCUT2D eigenvalue weighted by Crippen LogP contribution is -2.16. The Hall–Kier alpha value is -1.82. The number of H-pyrrole nitrogens is 1. The summed E-state index contributed by atoms with van der Waals surface area (Å²) in [4.78, 5) is 0. The second-order valence-corrected chi connectivity index (χ2v) is 4.95. The fraction of sp³-hybridized carbons (Fsp3) is 0.385. The lowest BCUT2D eigenvalue weighted by atomic mass is 10.2. The summed E-state index contributed by atoms with van der Waals surface area (Å²) in [6.07, 6.45) is 0.174. The number of nitrogens with zero attached hydrogens (tertiary/aromatic N) is 2. The lowest BCUT2D eigenvalue weighted by Gasteiger charge is -2.12. The van der Waals surface area contributed by atoms with Gasteiger partial charge in [-0.2, -0.15) is 5.10 Å². The molecule has 1 heterocycles. The van der Waals surface area contributed by atoms with Crippen LogP contribution in [-0.2, 0) is 6.54 Å². The normalized spacial score (nSPS) is 10.7. The molecule has 0 aliphatic rings. The van der Waals surface area contributed by atoms with Crippen molar-refractivity contribution >= 4 is 12.2 Å². The molecule has 0 aliphatic carbocycles. The molecule has 0 fully saturated rings. The van der Waals surface area contributed by atoms with Crippen molar-refractivity contribution < 1.29 is 4.74 Å². The zero-order chi connectivity index (χ0) is 13.8. The van der Waals surface area contributed by atoms with Gasteiger partial charge in [-0.05, 0) is 50.7 Å². The maximum absolute atomic E-state index is 5.67. The van der Waals surface area contributed by atoms with Crippen molar-refractivity contribution in [3.05, 3.63) is 40.4 Å². The Bertz CT molecular complexity index is 603. The highest BCUT2D eigenvalue weighted by atomic mass is 32.1. The molecule has 1 aromatic heterocycles. The maximum atomic E-state index is 5.67. The van der Waals surface area contributed by atoms with Crippen molar-refractivity contribution in [1.82, 2.24) is 14.9 Å². The van der Waals surface area contributed by atoms with Gasteiger partial charge in [-0.25, -0.2) is 4.68 Å². The van der Waals surface area contributed by atoms with Crippen molar-refractivity contribution in [3.63, 3.8) is 0 Å². The molecular weight excluding hydrogens is 260 g/mol. The van der Waals surface area contributed by atoms with Gasteiger partial charge in [0.1, 0.15) is 11.6 Å². The smallest absolute Gasteiger partial charge is 0.214 e. The van der Waals surface area contributed by atoms with Crippen LogP contribution in [0.3, 0.4) is 0 Å². The van der Waals surface area contributed by atoms with E-state index in [9.17, 15) is 0 Å². The third kappa shape index (κ3) is 3.57. The minimum atomic E-state index is 0.174. The Morgan fingerprint density at radius 1 is 1.47 bits per heavy atom. The van der Waals surface area contributed by atoms with E-state index in [1.54, 1.807) is 4.68 Å². The van der Waals surface area contributed by atoms with Gasteiger partial charge in [-0.1, -0.05) is 12.1 Å². The summed E-state index contributed by atoms with van der Waals surface area (Å²) in [5.41, 5.74) is 4.35. The Morgan fingerprint density at radius 3 is 2.89 bits per heavy atom. The Labute approximate surface area is 117 Å². The van der Waals surface area contributed by atoms with E-state index in [-0.39, 0.29) is 6.10 Å². The molecule has 0 spiro atoms. The molecule has 2 aromatic rings. The Morgan fingerprint density at radius 2 is 2.26 bits per heavy atom. The SMILES string of the molecule is Cc1n[nH]c(=S)n1NCc1cccc(OC(C)C)c1. The number of hydrogen-bond acceptors (Lipinski definition) is 4. The fourth-order valence-corrected chi connectivity index (χ4v) is 1.98. The summed E-state index contributed by atoms with van der Waals surface area (Å²) in [6, 6.07) is 8.00. The van der Waals surface area contributed by atoms with E-state index in [1.807, 2.05) is 45.0 Å². The third-order valence-corrected chi connectivity index (χ3v) is 2.83. The molecule has 102 valence electrons. The Kier molecular flexibility index (Phi) is 4.21. The standard InChI is InChI=1S/C13H18N4OS/c1-9(2)18-12-6-4-5-11(7-12)8-14-17-10(3)15-16-13(17)19/h4-7,9,14H,8H2,1-3H3,(H,16,19). The number of nitrogens with one attached hydrogen (secondary N) is 2. The molecule has 5 nitrogen and oxygen atoms in total. The third-order valence-electron chi connectivity index (χ3n) is 2.55. The summed E-state index contributed by atoms with van der Waals surface area (Å²) in [7, 11) is 0. The second-order valence-electron chi connectivity index (χ2n) is 4.56. The molecule has 0 saturated carbocycles. The van der Waals surface area contributed by atoms with Gasteiger partial charge in [0.25, 0.3) is 0 Å². The van der Waals surface area contributed by atoms with Crippen molar-refractivity contribution in [1.29, 1.82) is 0 Å². The van der Waals surface area contributed by atoms with Crippen LogP contribution >= 0.6 is 12.2 Å². The zero-order valence-electron chi connectivity index (χ0n) is 11.3. The summed E-state index contributed by atoms with van der Waals surface area (Å²) < 4.78 is 7.98. The van der Waals surface area contributed by atoms with Crippen LogP contribution in [0.5, 0.6) is 5.75 Å². The fourth-order valence-electron chi connectivity index (χ4n) is 1.73. The van der Waals surface area contributed by atoms with Gasteiger partial charge in [0.2, 0.25) is 4.77 Å². The number of aromatic nitrogens is 3. The topological polar surface area (TPSA) is 54.9 Å². The first-order valence-electron chi connectivity index (χ1n) is 6.20. The van der Waals surface area contributed by atoms with Gasteiger partial charge in [-0.3, -0.25) is 5.10 Å². The number of hydrogen-bond donors (Lipinski definition) is 2. The van der Waals surface area contributed by atoms with E-state index < -0.39 is 0 Å². The number of rotatable bonds is 5. The molecule has 19 heavy (non-hydrogen) atoms. The monoisotopic (exact) mass is 278 g/mol. The molecule has 0 saturated heterocycles. The van der Waals surface area contributed by atoms with E-state index in [2.05, 4.69) is 15.6 Å². The first kappa shape index (κ1) is 13.6. The maximum Gasteiger partial charge on any atom is 0.214 e. The van der Waals surface area contributed by atoms with E-state index in [4.69, 9.17) is 17.0 Å². The van der Waals surface area contributed by atoms with Crippen molar-refractivity contribution in [3.8, 4) is 5.75 Å². The van der Waals surface area contributed by atoms with Crippen LogP contribution < -0.4 is 10.2 Å². The first-order chi connectivity index (χ1) is 9.06. The number of aromatic amines is 1. The van der Waals surface area contributed by atoms with Gasteiger partial charge in [0, 0.05) is 0 Å². The first-order valence-corrected chi connectivity index (χ1v) is 6.60. The minimum Gasteiger partial charge on any atom is -0.491 e. The van der Waals surface area contributed by atoms with Crippen LogP contribution in [0.15, 0.2) is 24.3 Å². The molecule has 2 rings (SSSR count). The molecule has 2 N–H and O–H groups in total. The number of benzene rings is 1. The number of aryl methyl sites for hydroxylation is 1. The number of ether oxygens (including phenoxy) is 1. The second kappa shape index (κ2) is 5.88. The average molecular weight is 278 g/mol. The molecule has 0 unspecified atom stereocenters. The molecular formula is C13H18N4OS. The van der Waals surface area contributed by atoms with E-state index in [0.717, 1.165) is 17.1 Å². The van der Waals surface area contributed by atoms with E-state index in [0.29, 0.717) is 11.3 Å². The van der Waals surface area contributed by atoms with Crippen LogP contribution in [0.25, 0.3) is 0 Å². The highest BCUT2D eigenvalue weighted by Gasteiger charge is 2.02. The highest BCUT2D eigenvalue weighted by Crippen LogP contribution is 2.15. The molecule has 0 aliphatic heterocycles. The van der Waals surface area contributed by atoms with Crippen LogP contribution in [0.2, 0.25) is 0 Å². The summed E-state index contributed by atoms with van der Waals surface area (Å²) in [5.74, 6) is 1.68. The van der Waals surface area contributed by atoms with Crippen LogP contribution in [0.4, 0.5) is 0 Å². The predicted octanol–water partition coefficient (Wildman–Crippen LogP) is 2.78. The summed E-state index contributed by atoms with van der Waals surface area (Å²) in [6.45, 7) is 6.57. The molecule has 6 heteroatoms. The molecule has 0 amide bonds. The molecule has 0 atom stereocenters. The van der Waals surface area contributed by atoms with Gasteiger partial charge in [0.15, 0.2) is 0 Å². The van der Waals surface area contributed by atoms with E-state index >= 15 is 0 Å². The minimum absolute atomic E-state index is 0.174. The predicted molar refractivity (Wildman–Crippen MR) is 77.4 cm³/mol. The molecule has 0 radical (unpaired) electrons. The zero-order valence-corrected chi connectivity index (χ0v) is 12.1. The summed E-state index contributed by atoms with van der Waals surface area (Å²) in [5, 5.41) is 6.78. The van der Waals surface area contributed by atoms with Crippen molar-refractivity contribution in [2.45, 2.75) is 33.4 Å².